The standard InChI is InChI=1S/C44H28N2O2/c1-2-9-29(10-3-1)30-11-6-12-31(21-30)32-19-20-39-40(24-32)44(36-16-8-14-34(23-36)42-26-48-28-46-42)38-18-5-4-17-37(38)43(39)35-15-7-13-33(22-35)41-25-47-27-45-41/h1-28H. The van der Waals surface area contributed by atoms with Gasteiger partial charge in [-0.25, -0.2) is 9.97 Å². The molecule has 9 rings (SSSR count). The first-order chi connectivity index (χ1) is 23.8. The number of rotatable bonds is 6. The van der Waals surface area contributed by atoms with Crippen LogP contribution in [0.3, 0.4) is 0 Å². The third-order valence-corrected chi connectivity index (χ3v) is 9.09. The highest BCUT2D eigenvalue weighted by molar-refractivity contribution is 6.22. The van der Waals surface area contributed by atoms with E-state index in [1.807, 2.05) is 0 Å². The van der Waals surface area contributed by atoms with E-state index in [4.69, 9.17) is 8.83 Å². The van der Waals surface area contributed by atoms with Crippen molar-refractivity contribution in [1.82, 2.24) is 9.97 Å². The molecule has 0 amide bonds. The Labute approximate surface area is 277 Å². The van der Waals surface area contributed by atoms with Crippen LogP contribution < -0.4 is 0 Å². The van der Waals surface area contributed by atoms with Crippen LogP contribution >= 0.6 is 0 Å². The molecule has 2 aromatic heterocycles. The van der Waals surface area contributed by atoms with Crippen LogP contribution in [-0.4, -0.2) is 9.97 Å². The molecule has 0 radical (unpaired) electrons. The average Bonchev–Trinajstić information content (AvgIpc) is 3.90. The van der Waals surface area contributed by atoms with E-state index >= 15 is 0 Å². The van der Waals surface area contributed by atoms with Gasteiger partial charge in [-0.05, 0) is 90.3 Å². The second kappa shape index (κ2) is 11.7. The van der Waals surface area contributed by atoms with Gasteiger partial charge in [0.1, 0.15) is 23.9 Å². The number of benzene rings is 7. The zero-order chi connectivity index (χ0) is 31.9. The maximum atomic E-state index is 5.34. The normalized spacial score (nSPS) is 11.3. The monoisotopic (exact) mass is 616 g/mol. The Morgan fingerprint density at radius 3 is 1.33 bits per heavy atom. The van der Waals surface area contributed by atoms with Gasteiger partial charge in [0.2, 0.25) is 0 Å². The number of aromatic nitrogens is 2. The molecule has 4 nitrogen and oxygen atoms in total. The van der Waals surface area contributed by atoms with Crippen molar-refractivity contribution in [2.45, 2.75) is 0 Å². The van der Waals surface area contributed by atoms with Crippen LogP contribution in [0, 0.1) is 0 Å². The Kier molecular flexibility index (Phi) is 6.76. The van der Waals surface area contributed by atoms with Crippen molar-refractivity contribution in [2.75, 3.05) is 0 Å². The molecule has 4 heteroatoms. The first-order valence-corrected chi connectivity index (χ1v) is 15.9. The van der Waals surface area contributed by atoms with Crippen molar-refractivity contribution < 1.29 is 8.83 Å². The molecule has 7 aromatic carbocycles. The van der Waals surface area contributed by atoms with Crippen LogP contribution in [0.5, 0.6) is 0 Å². The van der Waals surface area contributed by atoms with E-state index in [1.54, 1.807) is 12.5 Å². The number of nitrogens with zero attached hydrogens (tertiary/aromatic N) is 2. The summed E-state index contributed by atoms with van der Waals surface area (Å²) in [4.78, 5) is 8.86. The van der Waals surface area contributed by atoms with Gasteiger partial charge in [-0.3, -0.25) is 0 Å². The van der Waals surface area contributed by atoms with Crippen LogP contribution in [0.15, 0.2) is 180 Å². The summed E-state index contributed by atoms with van der Waals surface area (Å²) in [6.45, 7) is 0. The van der Waals surface area contributed by atoms with Crippen molar-refractivity contribution in [3.05, 3.63) is 171 Å². The van der Waals surface area contributed by atoms with Crippen molar-refractivity contribution in [3.8, 4) is 67.0 Å². The molecule has 0 aliphatic rings. The molecule has 0 saturated carbocycles. The maximum Gasteiger partial charge on any atom is 0.181 e. The van der Waals surface area contributed by atoms with Gasteiger partial charge in [-0.15, -0.1) is 0 Å². The highest BCUT2D eigenvalue weighted by atomic mass is 16.3. The summed E-state index contributed by atoms with van der Waals surface area (Å²) in [5.41, 5.74) is 13.0. The molecule has 0 atom stereocenters. The Bertz CT molecular complexity index is 2550. The molecule has 226 valence electrons. The number of oxazole rings is 2. The molecular weight excluding hydrogens is 588 g/mol. The van der Waals surface area contributed by atoms with Gasteiger partial charge in [-0.1, -0.05) is 121 Å². The van der Waals surface area contributed by atoms with Gasteiger partial charge in [0.25, 0.3) is 0 Å². The predicted molar refractivity (Wildman–Crippen MR) is 194 cm³/mol. The summed E-state index contributed by atoms with van der Waals surface area (Å²) < 4.78 is 10.7. The van der Waals surface area contributed by atoms with Gasteiger partial charge in [0.05, 0.1) is 0 Å². The summed E-state index contributed by atoms with van der Waals surface area (Å²) in [5, 5.41) is 4.72. The van der Waals surface area contributed by atoms with Gasteiger partial charge in [0, 0.05) is 11.1 Å². The zero-order valence-corrected chi connectivity index (χ0v) is 25.9. The molecule has 9 aromatic rings. The van der Waals surface area contributed by atoms with Crippen LogP contribution in [-0.2, 0) is 0 Å². The molecule has 48 heavy (non-hydrogen) atoms. The van der Waals surface area contributed by atoms with Gasteiger partial charge in [0.15, 0.2) is 12.8 Å². The van der Waals surface area contributed by atoms with Gasteiger partial charge >= 0.3 is 0 Å². The number of hydrogen-bond acceptors (Lipinski definition) is 4. The molecular formula is C44H28N2O2. The molecule has 0 bridgehead atoms. The molecule has 2 heterocycles. The Balaban J connectivity index is 1.33. The highest BCUT2D eigenvalue weighted by Gasteiger charge is 2.19. The van der Waals surface area contributed by atoms with E-state index < -0.39 is 0 Å². The van der Waals surface area contributed by atoms with Crippen molar-refractivity contribution in [3.63, 3.8) is 0 Å². The third kappa shape index (κ3) is 4.88. The first-order valence-electron chi connectivity index (χ1n) is 15.9. The lowest BCUT2D eigenvalue weighted by Crippen LogP contribution is -1.92. The zero-order valence-electron chi connectivity index (χ0n) is 25.9. The molecule has 0 saturated heterocycles. The minimum atomic E-state index is 0.810. The van der Waals surface area contributed by atoms with E-state index in [1.165, 1.54) is 62.1 Å². The first kappa shape index (κ1) is 27.8. The molecule has 0 spiro atoms. The highest BCUT2D eigenvalue weighted by Crippen LogP contribution is 2.46. The maximum absolute atomic E-state index is 5.34. The Hall–Kier alpha value is -6.52. The topological polar surface area (TPSA) is 52.1 Å². The lowest BCUT2D eigenvalue weighted by molar-refractivity contribution is 0.558. The van der Waals surface area contributed by atoms with Crippen LogP contribution in [0.1, 0.15) is 0 Å². The second-order valence-corrected chi connectivity index (χ2v) is 11.9. The van der Waals surface area contributed by atoms with E-state index in [0.29, 0.717) is 0 Å². The second-order valence-electron chi connectivity index (χ2n) is 11.9. The van der Waals surface area contributed by atoms with Crippen LogP contribution in [0.2, 0.25) is 0 Å². The SMILES string of the molecule is c1ccc(-c2cccc(-c3ccc4c(-c5cccc(-c6cocn6)c5)c5ccccc5c(-c5cccc(-c6cocn6)c5)c4c3)c2)cc1. The molecule has 0 fully saturated rings. The quantitative estimate of drug-likeness (QED) is 0.174. The number of fused-ring (bicyclic) bond motifs is 2. The fourth-order valence-electron chi connectivity index (χ4n) is 6.87. The van der Waals surface area contributed by atoms with Crippen molar-refractivity contribution in [2.24, 2.45) is 0 Å². The van der Waals surface area contributed by atoms with E-state index in [2.05, 4.69) is 156 Å². The van der Waals surface area contributed by atoms with Crippen molar-refractivity contribution in [1.29, 1.82) is 0 Å². The number of hydrogen-bond donors (Lipinski definition) is 0. The summed E-state index contributed by atoms with van der Waals surface area (Å²) in [5.74, 6) is 0. The van der Waals surface area contributed by atoms with Gasteiger partial charge < -0.3 is 8.83 Å². The third-order valence-electron chi connectivity index (χ3n) is 9.09. The molecule has 0 N–H and O–H groups in total. The largest absolute Gasteiger partial charge is 0.451 e. The van der Waals surface area contributed by atoms with E-state index in [9.17, 15) is 0 Å². The lowest BCUT2D eigenvalue weighted by Gasteiger charge is -2.19. The van der Waals surface area contributed by atoms with Crippen LogP contribution in [0.25, 0.3) is 88.6 Å². The Morgan fingerprint density at radius 1 is 0.312 bits per heavy atom. The fourth-order valence-corrected chi connectivity index (χ4v) is 6.87. The minimum absolute atomic E-state index is 0.810. The Morgan fingerprint density at radius 2 is 0.750 bits per heavy atom. The average molecular weight is 617 g/mol. The summed E-state index contributed by atoms with van der Waals surface area (Å²) in [7, 11) is 0. The fraction of sp³-hybridized carbons (Fsp3) is 0. The summed E-state index contributed by atoms with van der Waals surface area (Å²) >= 11 is 0. The van der Waals surface area contributed by atoms with Crippen LogP contribution in [0.4, 0.5) is 0 Å². The molecule has 0 aliphatic heterocycles. The van der Waals surface area contributed by atoms with Gasteiger partial charge in [-0.2, -0.15) is 0 Å². The molecule has 0 aliphatic carbocycles. The minimum Gasteiger partial charge on any atom is -0.451 e. The van der Waals surface area contributed by atoms with Crippen molar-refractivity contribution >= 4 is 21.5 Å². The molecule has 0 unspecified atom stereocenters. The van der Waals surface area contributed by atoms with E-state index in [0.717, 1.165) is 39.2 Å². The predicted octanol–water partition coefficient (Wildman–Crippen LogP) is 12.0. The summed E-state index contributed by atoms with van der Waals surface area (Å²) in [6.07, 6.45) is 6.34. The lowest BCUT2D eigenvalue weighted by atomic mass is 9.84. The van der Waals surface area contributed by atoms with E-state index in [-0.39, 0.29) is 0 Å². The smallest absolute Gasteiger partial charge is 0.181 e. The summed E-state index contributed by atoms with van der Waals surface area (Å²) in [6, 6.07) is 52.1.